The van der Waals surface area contributed by atoms with Crippen LogP contribution in [0, 0.1) is 13.8 Å². The van der Waals surface area contributed by atoms with E-state index in [2.05, 4.69) is 5.32 Å². The van der Waals surface area contributed by atoms with Gasteiger partial charge in [0, 0.05) is 18.1 Å². The van der Waals surface area contributed by atoms with Crippen molar-refractivity contribution >= 4 is 39.1 Å². The van der Waals surface area contributed by atoms with Crippen LogP contribution >= 0.6 is 11.6 Å². The highest BCUT2D eigenvalue weighted by atomic mass is 35.5. The zero-order valence-corrected chi connectivity index (χ0v) is 24.4. The molecule has 0 aliphatic carbocycles. The number of rotatable bonds is 12. The van der Waals surface area contributed by atoms with Crippen molar-refractivity contribution in [1.29, 1.82) is 0 Å². The molecule has 208 valence electrons. The number of hydrogen-bond acceptors (Lipinski definition) is 4. The fourth-order valence-corrected chi connectivity index (χ4v) is 5.84. The Morgan fingerprint density at radius 3 is 2.26 bits per heavy atom. The molecule has 0 heterocycles. The lowest BCUT2D eigenvalue weighted by atomic mass is 10.1. The highest BCUT2D eigenvalue weighted by Crippen LogP contribution is 2.27. The van der Waals surface area contributed by atoms with E-state index in [0.29, 0.717) is 18.0 Å². The predicted molar refractivity (Wildman–Crippen MR) is 156 cm³/mol. The molecule has 0 bridgehead atoms. The van der Waals surface area contributed by atoms with E-state index in [9.17, 15) is 18.0 Å². The van der Waals surface area contributed by atoms with Crippen LogP contribution in [0.3, 0.4) is 0 Å². The van der Waals surface area contributed by atoms with Crippen LogP contribution in [0.1, 0.15) is 43.4 Å². The first-order chi connectivity index (χ1) is 18.6. The van der Waals surface area contributed by atoms with Gasteiger partial charge in [-0.05, 0) is 68.1 Å². The number of anilines is 1. The van der Waals surface area contributed by atoms with Gasteiger partial charge in [-0.3, -0.25) is 13.9 Å². The van der Waals surface area contributed by atoms with Gasteiger partial charge < -0.3 is 10.2 Å². The summed E-state index contributed by atoms with van der Waals surface area (Å²) >= 11 is 6.22. The second-order valence-corrected chi connectivity index (χ2v) is 11.8. The standard InChI is InChI=1S/C30H36ClN3O4S/c1-5-18-32-30(36)28(6-2)33(20-24-11-8-7-10-23(24)4)29(35)21-34(26-13-9-12-25(31)19-26)39(37,38)27-16-14-22(3)15-17-27/h7-17,19,28H,5-6,18,20-21H2,1-4H3,(H,32,36)/t28-/m1/s1. The van der Waals surface area contributed by atoms with E-state index >= 15 is 0 Å². The molecule has 9 heteroatoms. The Balaban J connectivity index is 2.06. The number of benzene rings is 3. The van der Waals surface area contributed by atoms with Crippen molar-refractivity contribution in [1.82, 2.24) is 10.2 Å². The van der Waals surface area contributed by atoms with E-state index in [1.807, 2.05) is 52.0 Å². The number of carbonyl (C=O) groups is 2. The third-order valence-electron chi connectivity index (χ3n) is 6.52. The summed E-state index contributed by atoms with van der Waals surface area (Å²) in [6.45, 7) is 7.75. The van der Waals surface area contributed by atoms with Gasteiger partial charge in [0.25, 0.3) is 10.0 Å². The van der Waals surface area contributed by atoms with Crippen LogP contribution in [0.15, 0.2) is 77.7 Å². The monoisotopic (exact) mass is 569 g/mol. The molecule has 2 amide bonds. The molecule has 0 radical (unpaired) electrons. The number of nitrogens with zero attached hydrogens (tertiary/aromatic N) is 2. The van der Waals surface area contributed by atoms with Gasteiger partial charge in [-0.1, -0.05) is 73.5 Å². The molecule has 7 nitrogen and oxygen atoms in total. The van der Waals surface area contributed by atoms with Gasteiger partial charge in [-0.15, -0.1) is 0 Å². The second-order valence-electron chi connectivity index (χ2n) is 9.47. The van der Waals surface area contributed by atoms with Crippen LogP contribution in [-0.2, 0) is 26.2 Å². The van der Waals surface area contributed by atoms with Gasteiger partial charge in [-0.25, -0.2) is 8.42 Å². The SMILES string of the molecule is CCCNC(=O)[C@@H](CC)N(Cc1ccccc1C)C(=O)CN(c1cccc(Cl)c1)S(=O)(=O)c1ccc(C)cc1. The van der Waals surface area contributed by atoms with Crippen molar-refractivity contribution in [3.63, 3.8) is 0 Å². The van der Waals surface area contributed by atoms with E-state index in [0.717, 1.165) is 27.4 Å². The molecule has 0 aromatic heterocycles. The summed E-state index contributed by atoms with van der Waals surface area (Å²) in [5.74, 6) is -0.760. The van der Waals surface area contributed by atoms with Gasteiger partial charge in [0.15, 0.2) is 0 Å². The molecule has 39 heavy (non-hydrogen) atoms. The fourth-order valence-electron chi connectivity index (χ4n) is 4.25. The van der Waals surface area contributed by atoms with Crippen molar-refractivity contribution in [2.75, 3.05) is 17.4 Å². The minimum atomic E-state index is -4.14. The lowest BCUT2D eigenvalue weighted by Gasteiger charge is -2.33. The van der Waals surface area contributed by atoms with E-state index in [1.54, 1.807) is 30.3 Å². The molecular weight excluding hydrogens is 534 g/mol. The summed E-state index contributed by atoms with van der Waals surface area (Å²) in [5.41, 5.74) is 3.02. The molecule has 0 aliphatic rings. The Labute approximate surface area is 236 Å². The van der Waals surface area contributed by atoms with Crippen LogP contribution in [-0.4, -0.2) is 44.3 Å². The van der Waals surface area contributed by atoms with Crippen molar-refractivity contribution in [2.24, 2.45) is 0 Å². The lowest BCUT2D eigenvalue weighted by molar-refractivity contribution is -0.140. The molecule has 0 aliphatic heterocycles. The van der Waals surface area contributed by atoms with Crippen molar-refractivity contribution in [3.05, 3.63) is 94.5 Å². The predicted octanol–water partition coefficient (Wildman–Crippen LogP) is 5.49. The van der Waals surface area contributed by atoms with E-state index < -0.39 is 28.5 Å². The third kappa shape index (κ3) is 7.61. The maximum atomic E-state index is 14.0. The lowest BCUT2D eigenvalue weighted by Crippen LogP contribution is -2.52. The van der Waals surface area contributed by atoms with E-state index in [-0.39, 0.29) is 23.0 Å². The zero-order valence-electron chi connectivity index (χ0n) is 22.9. The molecule has 1 N–H and O–H groups in total. The smallest absolute Gasteiger partial charge is 0.264 e. The average molecular weight is 570 g/mol. The summed E-state index contributed by atoms with van der Waals surface area (Å²) in [6.07, 6.45) is 1.13. The number of halogens is 1. The van der Waals surface area contributed by atoms with Crippen molar-refractivity contribution in [2.45, 2.75) is 58.0 Å². The van der Waals surface area contributed by atoms with Gasteiger partial charge in [0.05, 0.1) is 10.6 Å². The van der Waals surface area contributed by atoms with Gasteiger partial charge in [-0.2, -0.15) is 0 Å². The summed E-state index contributed by atoms with van der Waals surface area (Å²) in [7, 11) is -4.14. The van der Waals surface area contributed by atoms with Crippen LogP contribution in [0.25, 0.3) is 0 Å². The van der Waals surface area contributed by atoms with Crippen LogP contribution in [0.2, 0.25) is 5.02 Å². The summed E-state index contributed by atoms with van der Waals surface area (Å²) in [4.78, 5) is 28.7. The molecule has 3 aromatic rings. The largest absolute Gasteiger partial charge is 0.354 e. The maximum absolute atomic E-state index is 14.0. The molecule has 0 fully saturated rings. The van der Waals surface area contributed by atoms with Crippen LogP contribution < -0.4 is 9.62 Å². The van der Waals surface area contributed by atoms with Crippen molar-refractivity contribution in [3.8, 4) is 0 Å². The molecule has 0 spiro atoms. The van der Waals surface area contributed by atoms with Crippen molar-refractivity contribution < 1.29 is 18.0 Å². The Kier molecular flexibility index (Phi) is 10.5. The topological polar surface area (TPSA) is 86.8 Å². The van der Waals surface area contributed by atoms with E-state index in [1.165, 1.54) is 23.1 Å². The number of amides is 2. The highest BCUT2D eigenvalue weighted by molar-refractivity contribution is 7.92. The Morgan fingerprint density at radius 1 is 0.949 bits per heavy atom. The first-order valence-electron chi connectivity index (χ1n) is 13.0. The first-order valence-corrected chi connectivity index (χ1v) is 14.9. The van der Waals surface area contributed by atoms with Gasteiger partial charge >= 0.3 is 0 Å². The van der Waals surface area contributed by atoms with Gasteiger partial charge in [0.1, 0.15) is 12.6 Å². The van der Waals surface area contributed by atoms with Crippen LogP contribution in [0.4, 0.5) is 5.69 Å². The van der Waals surface area contributed by atoms with Gasteiger partial charge in [0.2, 0.25) is 11.8 Å². The Bertz CT molecular complexity index is 1390. The number of sulfonamides is 1. The minimum Gasteiger partial charge on any atom is -0.354 e. The first kappa shape index (κ1) is 30.2. The highest BCUT2D eigenvalue weighted by Gasteiger charge is 2.33. The average Bonchev–Trinajstić information content (AvgIpc) is 2.91. The molecule has 0 saturated carbocycles. The number of hydrogen-bond donors (Lipinski definition) is 1. The second kappa shape index (κ2) is 13.6. The fraction of sp³-hybridized carbons (Fsp3) is 0.333. The normalized spacial score (nSPS) is 12.0. The summed E-state index contributed by atoms with van der Waals surface area (Å²) in [6, 6.07) is 19.7. The summed E-state index contributed by atoms with van der Waals surface area (Å²) < 4.78 is 28.8. The molecule has 0 saturated heterocycles. The summed E-state index contributed by atoms with van der Waals surface area (Å²) in [5, 5.41) is 3.23. The molecule has 1 atom stereocenters. The molecule has 0 unspecified atom stereocenters. The number of carbonyl (C=O) groups excluding carboxylic acids is 2. The Hall–Kier alpha value is -3.36. The van der Waals surface area contributed by atoms with Crippen LogP contribution in [0.5, 0.6) is 0 Å². The molecule has 3 aromatic carbocycles. The third-order valence-corrected chi connectivity index (χ3v) is 8.54. The molecule has 3 rings (SSSR count). The Morgan fingerprint density at radius 2 is 1.64 bits per heavy atom. The van der Waals surface area contributed by atoms with E-state index in [4.69, 9.17) is 11.6 Å². The molecular formula is C30H36ClN3O4S. The quantitative estimate of drug-likeness (QED) is 0.313. The minimum absolute atomic E-state index is 0.0547. The number of aryl methyl sites for hydroxylation is 2. The number of nitrogens with one attached hydrogen (secondary N) is 1. The zero-order chi connectivity index (χ0) is 28.6. The maximum Gasteiger partial charge on any atom is 0.264 e.